The molecule has 9 unspecified atom stereocenters. The Bertz CT molecular complexity index is 6070. The zero-order chi connectivity index (χ0) is 93.0. The first-order valence-electron chi connectivity index (χ1n) is 45.4. The number of aliphatic hydroxyl groups is 2. The quantitative estimate of drug-likeness (QED) is 0.0633. The number of benzene rings is 7. The lowest BCUT2D eigenvalue weighted by Gasteiger charge is -2.38. The average Bonchev–Trinajstić information content (AvgIpc) is 1.58. The van der Waals surface area contributed by atoms with Gasteiger partial charge in [0.15, 0.2) is 11.6 Å². The third-order valence-electron chi connectivity index (χ3n) is 25.0. The van der Waals surface area contributed by atoms with Crippen LogP contribution in [0.15, 0.2) is 200 Å². The van der Waals surface area contributed by atoms with E-state index in [1.165, 1.54) is 71.7 Å². The van der Waals surface area contributed by atoms with Gasteiger partial charge in [0.05, 0.1) is 58.1 Å². The average molecular weight is 1750 g/mol. The van der Waals surface area contributed by atoms with Gasteiger partial charge >= 0.3 is 0 Å². The van der Waals surface area contributed by atoms with E-state index in [9.17, 15) is 29.4 Å². The number of aliphatic hydroxyl groups excluding tert-OH is 2. The molecule has 0 bridgehead atoms. The highest BCUT2D eigenvalue weighted by Gasteiger charge is 2.55. The number of nitrogens with zero attached hydrogens (tertiary/aromatic N) is 5. The summed E-state index contributed by atoms with van der Waals surface area (Å²) in [5.41, 5.74) is 17.2. The fraction of sp³-hybridized carbons (Fsp3) is 0.454. The first-order valence-corrected chi connectivity index (χ1v) is 46.3. The van der Waals surface area contributed by atoms with Crippen molar-refractivity contribution in [2.75, 3.05) is 38.2 Å². The van der Waals surface area contributed by atoms with E-state index in [4.69, 9.17) is 23.9 Å². The number of aryl methyl sites for hydroxylation is 3. The summed E-state index contributed by atoms with van der Waals surface area (Å²) in [6, 6.07) is 55.1. The summed E-state index contributed by atoms with van der Waals surface area (Å²) in [6.45, 7) is 57.8. The van der Waals surface area contributed by atoms with Gasteiger partial charge in [-0.15, -0.1) is 11.3 Å². The van der Waals surface area contributed by atoms with Gasteiger partial charge in [-0.05, 0) is 188 Å². The molecule has 0 spiro atoms. The Balaban J connectivity index is 0.000000138. The van der Waals surface area contributed by atoms with Crippen molar-refractivity contribution < 1.29 is 43.5 Å². The zero-order valence-electron chi connectivity index (χ0n) is 80.1. The molecule has 680 valence electrons. The summed E-state index contributed by atoms with van der Waals surface area (Å²) in [7, 11) is 1.72. The maximum absolute atomic E-state index is 13.5. The molecule has 12 aromatic rings. The number of aromatic nitrogens is 5. The van der Waals surface area contributed by atoms with E-state index >= 15 is 0 Å². The minimum Gasteiger partial charge on any atom is -0.391 e. The van der Waals surface area contributed by atoms with Crippen LogP contribution in [0.2, 0.25) is 0 Å². The Hall–Kier alpha value is -10.3. The lowest BCUT2D eigenvalue weighted by Crippen LogP contribution is -2.48. The fourth-order valence-corrected chi connectivity index (χ4v) is 20.8. The summed E-state index contributed by atoms with van der Waals surface area (Å²) < 4.78 is 26.0. The number of likely N-dealkylation sites (tertiary alicyclic amines) is 1. The highest BCUT2D eigenvalue weighted by Crippen LogP contribution is 2.52. The first kappa shape index (κ1) is 95.3. The summed E-state index contributed by atoms with van der Waals surface area (Å²) in [4.78, 5) is 74.2. The number of carbonyl (C=O) groups excluding carboxylic acids is 3. The molecule has 0 aliphatic carbocycles. The molecule has 5 aliphatic rings. The fourth-order valence-electron chi connectivity index (χ4n) is 19.2. The smallest absolute Gasteiger partial charge is 0.266 e. The topological polar surface area (TPSA) is 233 Å². The molecule has 20 heteroatoms. The molecule has 17 rings (SSSR count). The van der Waals surface area contributed by atoms with Crippen LogP contribution in [-0.4, -0.2) is 138 Å². The highest BCUT2D eigenvalue weighted by molar-refractivity contribution is 7.17. The SMILES string of the molecule is C=C1N(C)C(=O)c2c(sc(CC(C)(C)C)c2C(=O)N2CCC(O)C2)N1CC(C)C.CC(C)(C)C(c1ccccc1)c1c[nH]c2ccccc12.CC(C)(C)CC1NC(=O)c2ccccc2-n2c1nc1ccccc1c2=O.CC1(C)OCC(C(O)C2OC(C)(C)OC2C(c2c[nH]c3ccccc23)C(C)(C)C)O1.Cc1cc(C)c(C(c2c[nH]c3ccccc23)C(C)(C)C)cc1C. The van der Waals surface area contributed by atoms with E-state index < -0.39 is 36.0 Å². The van der Waals surface area contributed by atoms with Gasteiger partial charge in [-0.2, -0.15) is 0 Å². The summed E-state index contributed by atoms with van der Waals surface area (Å²) in [6.07, 6.45) is 5.70. The van der Waals surface area contributed by atoms with E-state index in [1.54, 1.807) is 51.0 Å². The number of aromatic amines is 3. The molecular formula is C108H137N9O10S. The van der Waals surface area contributed by atoms with Crippen molar-refractivity contribution in [3.63, 3.8) is 0 Å². The van der Waals surface area contributed by atoms with Crippen molar-refractivity contribution in [3.05, 3.63) is 277 Å². The van der Waals surface area contributed by atoms with Crippen molar-refractivity contribution >= 4 is 77.7 Å². The lowest BCUT2D eigenvalue weighted by atomic mass is 9.71. The Morgan fingerprint density at radius 2 is 1.13 bits per heavy atom. The molecule has 7 aromatic carbocycles. The Morgan fingerprint density at radius 1 is 0.609 bits per heavy atom. The molecule has 128 heavy (non-hydrogen) atoms. The molecular weight excluding hydrogens is 1620 g/mol. The van der Waals surface area contributed by atoms with Crippen LogP contribution in [0.3, 0.4) is 0 Å². The lowest BCUT2D eigenvalue weighted by molar-refractivity contribution is -0.178. The predicted molar refractivity (Wildman–Crippen MR) is 521 cm³/mol. The number of para-hydroxylation sites is 5. The zero-order valence-corrected chi connectivity index (χ0v) is 80.9. The van der Waals surface area contributed by atoms with Gasteiger partial charge in [0.1, 0.15) is 35.0 Å². The maximum Gasteiger partial charge on any atom is 0.266 e. The number of thiophene rings is 1. The van der Waals surface area contributed by atoms with Crippen LogP contribution in [0.5, 0.6) is 0 Å². The van der Waals surface area contributed by atoms with Gasteiger partial charge in [0.25, 0.3) is 23.3 Å². The van der Waals surface area contributed by atoms with Gasteiger partial charge in [-0.1, -0.05) is 246 Å². The van der Waals surface area contributed by atoms with Crippen molar-refractivity contribution in [1.29, 1.82) is 0 Å². The first-order chi connectivity index (χ1) is 60.0. The number of hydrogen-bond donors (Lipinski definition) is 6. The van der Waals surface area contributed by atoms with Crippen molar-refractivity contribution in [3.8, 4) is 5.69 Å². The number of β-amino-alcohol motifs (C(OH)–C–C–N with tert-alkyl or cyclic N) is 1. The minimum atomic E-state index is -0.867. The van der Waals surface area contributed by atoms with E-state index in [0.29, 0.717) is 102 Å². The highest BCUT2D eigenvalue weighted by atomic mass is 32.1. The molecule has 5 aromatic heterocycles. The number of rotatable bonds is 13. The molecule has 3 saturated heterocycles. The van der Waals surface area contributed by atoms with Crippen LogP contribution in [0, 0.1) is 53.8 Å². The number of carbonyl (C=O) groups is 3. The van der Waals surface area contributed by atoms with E-state index in [2.05, 4.69) is 292 Å². The maximum atomic E-state index is 13.5. The van der Waals surface area contributed by atoms with Crippen LogP contribution in [0.25, 0.3) is 49.3 Å². The van der Waals surface area contributed by atoms with Gasteiger partial charge in [-0.25, -0.2) is 4.98 Å². The van der Waals surface area contributed by atoms with Crippen molar-refractivity contribution in [1.82, 2.24) is 39.6 Å². The summed E-state index contributed by atoms with van der Waals surface area (Å²) in [5, 5.41) is 29.5. The summed E-state index contributed by atoms with van der Waals surface area (Å²) in [5.74, 6) is 0.352. The predicted octanol–water partition coefficient (Wildman–Crippen LogP) is 23.1. The minimum absolute atomic E-state index is 0.00888. The van der Waals surface area contributed by atoms with Crippen LogP contribution in [0.1, 0.15) is 268 Å². The van der Waals surface area contributed by atoms with Gasteiger partial charge in [0, 0.05) is 101 Å². The van der Waals surface area contributed by atoms with Crippen LogP contribution < -0.4 is 15.8 Å². The Morgan fingerprint density at radius 3 is 1.67 bits per heavy atom. The molecule has 10 heterocycles. The molecule has 6 N–H and O–H groups in total. The van der Waals surface area contributed by atoms with Crippen molar-refractivity contribution in [2.45, 2.75) is 251 Å². The Kier molecular flexibility index (Phi) is 27.8. The third kappa shape index (κ3) is 20.9. The number of fused-ring (bicyclic) bond motifs is 8. The molecule has 0 radical (unpaired) electrons. The molecule has 19 nitrogen and oxygen atoms in total. The number of anilines is 1. The second-order valence-corrected chi connectivity index (χ2v) is 43.8. The number of hydrogen-bond acceptors (Lipinski definition) is 13. The second-order valence-electron chi connectivity index (χ2n) is 42.7. The van der Waals surface area contributed by atoms with Crippen LogP contribution in [-0.2, 0) is 25.4 Å². The van der Waals surface area contributed by atoms with Crippen LogP contribution in [0.4, 0.5) is 5.00 Å². The second kappa shape index (κ2) is 37.3. The van der Waals surface area contributed by atoms with E-state index in [-0.39, 0.29) is 68.4 Å². The Labute approximate surface area is 761 Å². The number of amides is 3. The standard InChI is InChI=1S/C24H35NO5.C22H33N3O3S.C22H27N.C21H21N3O2.C19H21N/c1-22(2,3)18(15-12-25-16-11-9-8-10-14(15)16)20-21(30-24(6,7)29-20)19(26)17-13-27-23(4,5)28-17;1-13(2)11-25-14(3)23(7)19(27)18-17(20(28)24-9-8-15(26)12-24)16(29-21(18)25)10-22(4,5)6;1-14-11-16(3)18(12-15(14)2)21(22(4,5)6)19-13-23-20-10-8-7-9-17(19)20;1-21(2,3)12-16-18-22-15-10-6-4-8-13(15)20(26)24(18)17-11-7-5-9-14(17)19(25)23-16;1-19(2,3)18(14-9-5-4-6-10-14)16-13-20-17-12-8-7-11-15(16)17/h8-12,17-21,25-26H,13H2,1-7H3;13,15,26H,3,8-12H2,1-2,4-7H3;7-13,21,23H,1-6H3;4-11,16H,12H2,1-3H3,(H,23,25);4-13,18,20H,1-3H3. The normalized spacial score (nSPS) is 19.6. The molecule has 3 amide bonds. The number of H-pyrrole nitrogens is 3. The van der Waals surface area contributed by atoms with E-state index in [0.717, 1.165) is 21.9 Å². The molecule has 5 aliphatic heterocycles. The number of ether oxygens (including phenoxy) is 4. The molecule has 3 fully saturated rings. The monoisotopic (exact) mass is 1750 g/mol. The van der Waals surface area contributed by atoms with Gasteiger partial charge in [-0.3, -0.25) is 28.6 Å². The van der Waals surface area contributed by atoms with Gasteiger partial charge in [0.2, 0.25) is 0 Å². The largest absolute Gasteiger partial charge is 0.391 e. The van der Waals surface area contributed by atoms with Crippen molar-refractivity contribution in [2.24, 2.45) is 33.0 Å². The number of nitrogens with one attached hydrogen (secondary N) is 4. The van der Waals surface area contributed by atoms with Crippen LogP contribution >= 0.6 is 11.3 Å². The molecule has 9 atom stereocenters. The van der Waals surface area contributed by atoms with E-state index in [1.807, 2.05) is 70.2 Å². The molecule has 0 saturated carbocycles. The van der Waals surface area contributed by atoms with Gasteiger partial charge < -0.3 is 59.2 Å². The third-order valence-corrected chi connectivity index (χ3v) is 26.2. The summed E-state index contributed by atoms with van der Waals surface area (Å²) >= 11 is 1.54.